The second kappa shape index (κ2) is 2.93. The lowest BCUT2D eigenvalue weighted by molar-refractivity contribution is -0.141. The standard InChI is InChI=1S/C6H3BrF3NO/c7-4-3(12)1-2-11-5(4)6(8,9)10/h1-2H,(H,11,12). The molecule has 0 radical (unpaired) electrons. The molecule has 0 amide bonds. The van der Waals surface area contributed by atoms with Gasteiger partial charge in [-0.25, -0.2) is 0 Å². The summed E-state index contributed by atoms with van der Waals surface area (Å²) in [4.78, 5) is 12.7. The van der Waals surface area contributed by atoms with Crippen LogP contribution in [0.4, 0.5) is 13.2 Å². The van der Waals surface area contributed by atoms with Crippen molar-refractivity contribution in [2.75, 3.05) is 0 Å². The van der Waals surface area contributed by atoms with Gasteiger partial charge in [0.25, 0.3) is 0 Å². The van der Waals surface area contributed by atoms with Crippen molar-refractivity contribution >= 4 is 15.9 Å². The smallest absolute Gasteiger partial charge is 0.356 e. The Kier molecular flexibility index (Phi) is 2.27. The van der Waals surface area contributed by atoms with Gasteiger partial charge in [-0.2, -0.15) is 13.2 Å². The van der Waals surface area contributed by atoms with Crippen LogP contribution < -0.4 is 5.43 Å². The minimum Gasteiger partial charge on any atom is -0.356 e. The van der Waals surface area contributed by atoms with Gasteiger partial charge in [0.1, 0.15) is 5.69 Å². The Labute approximate surface area is 73.5 Å². The van der Waals surface area contributed by atoms with Gasteiger partial charge in [-0.15, -0.1) is 0 Å². The number of aromatic amines is 1. The first-order valence-electron chi connectivity index (χ1n) is 2.87. The molecule has 0 aliphatic carbocycles. The number of alkyl halides is 3. The highest BCUT2D eigenvalue weighted by atomic mass is 79.9. The van der Waals surface area contributed by atoms with Gasteiger partial charge in [-0.05, 0) is 15.9 Å². The highest BCUT2D eigenvalue weighted by molar-refractivity contribution is 9.10. The van der Waals surface area contributed by atoms with E-state index in [2.05, 4.69) is 15.9 Å². The van der Waals surface area contributed by atoms with Gasteiger partial charge in [0, 0.05) is 12.3 Å². The van der Waals surface area contributed by atoms with Gasteiger partial charge in [-0.1, -0.05) is 0 Å². The molecule has 0 saturated heterocycles. The van der Waals surface area contributed by atoms with Crippen LogP contribution in [0.5, 0.6) is 0 Å². The Morgan fingerprint density at radius 2 is 2.00 bits per heavy atom. The molecular formula is C6H3BrF3NO. The largest absolute Gasteiger partial charge is 0.432 e. The van der Waals surface area contributed by atoms with Crippen molar-refractivity contribution in [3.8, 4) is 0 Å². The SMILES string of the molecule is O=c1cc[nH]c(C(F)(F)F)c1Br. The van der Waals surface area contributed by atoms with E-state index in [0.717, 1.165) is 12.3 Å². The van der Waals surface area contributed by atoms with Crippen LogP contribution in [-0.4, -0.2) is 4.98 Å². The summed E-state index contributed by atoms with van der Waals surface area (Å²) in [6.07, 6.45) is -3.57. The summed E-state index contributed by atoms with van der Waals surface area (Å²) in [6.45, 7) is 0. The molecule has 1 rings (SSSR count). The third kappa shape index (κ3) is 1.69. The van der Waals surface area contributed by atoms with Crippen molar-refractivity contribution in [2.24, 2.45) is 0 Å². The fraction of sp³-hybridized carbons (Fsp3) is 0.167. The van der Waals surface area contributed by atoms with Crippen LogP contribution in [0.2, 0.25) is 0 Å². The van der Waals surface area contributed by atoms with E-state index in [4.69, 9.17) is 0 Å². The van der Waals surface area contributed by atoms with E-state index in [9.17, 15) is 18.0 Å². The molecule has 0 saturated carbocycles. The predicted molar refractivity (Wildman–Crippen MR) is 39.8 cm³/mol. The maximum atomic E-state index is 12.0. The summed E-state index contributed by atoms with van der Waals surface area (Å²) < 4.78 is 35.6. The van der Waals surface area contributed by atoms with Crippen molar-refractivity contribution in [1.82, 2.24) is 4.98 Å². The number of H-pyrrole nitrogens is 1. The molecule has 0 aliphatic heterocycles. The van der Waals surface area contributed by atoms with Gasteiger partial charge in [0.15, 0.2) is 5.43 Å². The number of pyridine rings is 1. The minimum absolute atomic E-state index is 0.488. The number of nitrogens with one attached hydrogen (secondary N) is 1. The summed E-state index contributed by atoms with van der Waals surface area (Å²) in [7, 11) is 0. The van der Waals surface area contributed by atoms with E-state index >= 15 is 0 Å². The van der Waals surface area contributed by atoms with E-state index in [-0.39, 0.29) is 0 Å². The zero-order chi connectivity index (χ0) is 9.35. The molecule has 0 aliphatic rings. The molecule has 0 atom stereocenters. The summed E-state index contributed by atoms with van der Waals surface area (Å²) >= 11 is 2.55. The van der Waals surface area contributed by atoms with Gasteiger partial charge in [0.2, 0.25) is 0 Å². The predicted octanol–water partition coefficient (Wildman–Crippen LogP) is 2.16. The monoisotopic (exact) mass is 241 g/mol. The highest BCUT2D eigenvalue weighted by Crippen LogP contribution is 2.30. The average molecular weight is 242 g/mol. The zero-order valence-electron chi connectivity index (χ0n) is 5.57. The molecule has 66 valence electrons. The van der Waals surface area contributed by atoms with Crippen LogP contribution >= 0.6 is 15.9 Å². The zero-order valence-corrected chi connectivity index (χ0v) is 7.16. The summed E-state index contributed by atoms with van der Waals surface area (Å²) in [6, 6.07) is 1.01. The van der Waals surface area contributed by atoms with Crippen molar-refractivity contribution in [3.05, 3.63) is 32.7 Å². The van der Waals surface area contributed by atoms with Crippen molar-refractivity contribution in [3.63, 3.8) is 0 Å². The second-order valence-corrected chi connectivity index (χ2v) is 2.82. The van der Waals surface area contributed by atoms with E-state index in [0.29, 0.717) is 0 Å². The van der Waals surface area contributed by atoms with E-state index in [1.807, 2.05) is 4.98 Å². The molecule has 0 unspecified atom stereocenters. The number of halogens is 4. The molecule has 6 heteroatoms. The van der Waals surface area contributed by atoms with Gasteiger partial charge in [0.05, 0.1) is 4.47 Å². The van der Waals surface area contributed by atoms with Crippen LogP contribution in [0.15, 0.2) is 21.5 Å². The fourth-order valence-corrected chi connectivity index (χ4v) is 1.14. The van der Waals surface area contributed by atoms with Gasteiger partial charge in [-0.3, -0.25) is 4.79 Å². The molecule has 0 aromatic carbocycles. The second-order valence-electron chi connectivity index (χ2n) is 2.03. The first kappa shape index (κ1) is 9.31. The number of hydrogen-bond acceptors (Lipinski definition) is 1. The third-order valence-electron chi connectivity index (χ3n) is 1.18. The third-order valence-corrected chi connectivity index (χ3v) is 1.97. The minimum atomic E-state index is -4.53. The van der Waals surface area contributed by atoms with Crippen molar-refractivity contribution in [1.29, 1.82) is 0 Å². The number of aromatic nitrogens is 1. The van der Waals surface area contributed by atoms with E-state index in [1.165, 1.54) is 0 Å². The Balaban J connectivity index is 3.36. The maximum absolute atomic E-state index is 12.0. The Morgan fingerprint density at radius 3 is 2.42 bits per heavy atom. The maximum Gasteiger partial charge on any atom is 0.432 e. The fourth-order valence-electron chi connectivity index (χ4n) is 0.667. The molecule has 12 heavy (non-hydrogen) atoms. The molecule has 1 aromatic rings. The number of rotatable bonds is 0. The average Bonchev–Trinajstić information content (AvgIpc) is 1.92. The summed E-state index contributed by atoms with van der Waals surface area (Å²) in [5.74, 6) is 0. The molecule has 0 fully saturated rings. The molecule has 0 spiro atoms. The van der Waals surface area contributed by atoms with Gasteiger partial charge < -0.3 is 4.98 Å². The molecule has 1 aromatic heterocycles. The number of hydrogen-bond donors (Lipinski definition) is 1. The topological polar surface area (TPSA) is 32.9 Å². The summed E-state index contributed by atoms with van der Waals surface area (Å²) in [5, 5.41) is 0. The van der Waals surface area contributed by atoms with Crippen LogP contribution in [0, 0.1) is 0 Å². The Hall–Kier alpha value is -0.780. The first-order chi connectivity index (χ1) is 5.43. The normalized spacial score (nSPS) is 11.7. The van der Waals surface area contributed by atoms with Crippen LogP contribution in [-0.2, 0) is 6.18 Å². The Bertz CT molecular complexity index is 343. The molecule has 1 N–H and O–H groups in total. The molecule has 0 bridgehead atoms. The lowest BCUT2D eigenvalue weighted by Gasteiger charge is -2.06. The summed E-state index contributed by atoms with van der Waals surface area (Å²) in [5.41, 5.74) is -1.75. The van der Waals surface area contributed by atoms with E-state index < -0.39 is 21.8 Å². The highest BCUT2D eigenvalue weighted by Gasteiger charge is 2.34. The first-order valence-corrected chi connectivity index (χ1v) is 3.66. The lowest BCUT2D eigenvalue weighted by Crippen LogP contribution is -2.14. The Morgan fingerprint density at radius 1 is 1.42 bits per heavy atom. The quantitative estimate of drug-likeness (QED) is 0.742. The van der Waals surface area contributed by atoms with Crippen molar-refractivity contribution in [2.45, 2.75) is 6.18 Å². The molecular weight excluding hydrogens is 239 g/mol. The van der Waals surface area contributed by atoms with Crippen LogP contribution in [0.3, 0.4) is 0 Å². The lowest BCUT2D eigenvalue weighted by atomic mass is 10.3. The van der Waals surface area contributed by atoms with Gasteiger partial charge >= 0.3 is 6.18 Å². The molecule has 2 nitrogen and oxygen atoms in total. The van der Waals surface area contributed by atoms with E-state index in [1.54, 1.807) is 0 Å². The van der Waals surface area contributed by atoms with Crippen molar-refractivity contribution < 1.29 is 13.2 Å². The van der Waals surface area contributed by atoms with Crippen LogP contribution in [0.25, 0.3) is 0 Å². The van der Waals surface area contributed by atoms with Crippen LogP contribution in [0.1, 0.15) is 5.69 Å². The molecule has 1 heterocycles.